The molecule has 14 heavy (non-hydrogen) atoms. The summed E-state index contributed by atoms with van der Waals surface area (Å²) in [6.07, 6.45) is 4.86. The summed E-state index contributed by atoms with van der Waals surface area (Å²) in [6, 6.07) is 4.73. The third kappa shape index (κ3) is 1.46. The van der Waals surface area contributed by atoms with Crippen molar-refractivity contribution in [3.8, 4) is 0 Å². The second-order valence-electron chi connectivity index (χ2n) is 4.29. The van der Waals surface area contributed by atoms with Gasteiger partial charge in [0.25, 0.3) is 0 Å². The monoisotopic (exact) mass is 189 g/mol. The van der Waals surface area contributed by atoms with Crippen molar-refractivity contribution >= 4 is 0 Å². The SMILES string of the molecule is CCC(N)c1ccc2c(c1C)CCC2. The normalized spacial score (nSPS) is 16.8. The zero-order valence-corrected chi connectivity index (χ0v) is 9.14. The van der Waals surface area contributed by atoms with Crippen molar-refractivity contribution in [2.75, 3.05) is 0 Å². The smallest absolute Gasteiger partial charge is 0.0294 e. The molecule has 1 aromatic rings. The lowest BCUT2D eigenvalue weighted by Crippen LogP contribution is -2.11. The molecule has 2 rings (SSSR count). The van der Waals surface area contributed by atoms with Gasteiger partial charge in [-0.05, 0) is 54.9 Å². The van der Waals surface area contributed by atoms with Crippen molar-refractivity contribution in [2.45, 2.75) is 45.6 Å². The van der Waals surface area contributed by atoms with E-state index in [1.165, 1.54) is 30.4 Å². The highest BCUT2D eigenvalue weighted by Crippen LogP contribution is 2.30. The van der Waals surface area contributed by atoms with Crippen molar-refractivity contribution in [2.24, 2.45) is 5.73 Å². The molecule has 0 amide bonds. The maximum atomic E-state index is 6.09. The van der Waals surface area contributed by atoms with E-state index in [4.69, 9.17) is 5.73 Å². The molecule has 0 saturated heterocycles. The second-order valence-corrected chi connectivity index (χ2v) is 4.29. The van der Waals surface area contributed by atoms with Gasteiger partial charge in [0.2, 0.25) is 0 Å². The highest BCUT2D eigenvalue weighted by Gasteiger charge is 2.16. The average Bonchev–Trinajstić information content (AvgIpc) is 2.66. The van der Waals surface area contributed by atoms with E-state index in [9.17, 15) is 0 Å². The molecule has 0 radical (unpaired) electrons. The van der Waals surface area contributed by atoms with Crippen LogP contribution in [0, 0.1) is 6.92 Å². The minimum absolute atomic E-state index is 0.223. The molecule has 0 aromatic heterocycles. The summed E-state index contributed by atoms with van der Waals surface area (Å²) in [6.45, 7) is 4.38. The molecule has 1 aliphatic rings. The van der Waals surface area contributed by atoms with Crippen LogP contribution in [0.2, 0.25) is 0 Å². The molecule has 0 saturated carbocycles. The Hall–Kier alpha value is -0.820. The first-order valence-corrected chi connectivity index (χ1v) is 5.61. The molecule has 1 aromatic carbocycles. The zero-order chi connectivity index (χ0) is 10.1. The first-order valence-electron chi connectivity index (χ1n) is 5.61. The molecule has 0 heterocycles. The van der Waals surface area contributed by atoms with Gasteiger partial charge in [0, 0.05) is 6.04 Å². The highest BCUT2D eigenvalue weighted by molar-refractivity contribution is 5.44. The van der Waals surface area contributed by atoms with Crippen LogP contribution in [-0.4, -0.2) is 0 Å². The molecule has 1 unspecified atom stereocenters. The lowest BCUT2D eigenvalue weighted by Gasteiger charge is -2.15. The molecule has 1 heteroatoms. The highest BCUT2D eigenvalue weighted by atomic mass is 14.6. The molecule has 0 bridgehead atoms. The predicted octanol–water partition coefficient (Wildman–Crippen LogP) is 2.89. The number of fused-ring (bicyclic) bond motifs is 1. The van der Waals surface area contributed by atoms with Gasteiger partial charge >= 0.3 is 0 Å². The fourth-order valence-corrected chi connectivity index (χ4v) is 2.49. The topological polar surface area (TPSA) is 26.0 Å². The lowest BCUT2D eigenvalue weighted by molar-refractivity contribution is 0.692. The van der Waals surface area contributed by atoms with Crippen LogP contribution in [0.3, 0.4) is 0 Å². The van der Waals surface area contributed by atoms with Crippen LogP contribution in [0.25, 0.3) is 0 Å². The van der Waals surface area contributed by atoms with Crippen LogP contribution in [0.4, 0.5) is 0 Å². The number of nitrogens with two attached hydrogens (primary N) is 1. The molecule has 1 atom stereocenters. The van der Waals surface area contributed by atoms with Crippen molar-refractivity contribution in [1.82, 2.24) is 0 Å². The maximum Gasteiger partial charge on any atom is 0.0294 e. The van der Waals surface area contributed by atoms with Crippen molar-refractivity contribution < 1.29 is 0 Å². The summed E-state index contributed by atoms with van der Waals surface area (Å²) < 4.78 is 0. The van der Waals surface area contributed by atoms with Gasteiger partial charge in [-0.25, -0.2) is 0 Å². The minimum atomic E-state index is 0.223. The standard InChI is InChI=1S/C13H19N/c1-3-13(14)12-8-7-10-5-4-6-11(10)9(12)2/h7-8,13H,3-6,14H2,1-2H3. The summed E-state index contributed by atoms with van der Waals surface area (Å²) in [5, 5.41) is 0. The third-order valence-corrected chi connectivity index (χ3v) is 3.45. The Kier molecular flexibility index (Phi) is 2.60. The third-order valence-electron chi connectivity index (χ3n) is 3.45. The molecule has 1 nitrogen and oxygen atoms in total. The molecule has 2 N–H and O–H groups in total. The number of rotatable bonds is 2. The second kappa shape index (κ2) is 3.74. The molecule has 0 aliphatic heterocycles. The van der Waals surface area contributed by atoms with Crippen molar-refractivity contribution in [3.05, 3.63) is 34.4 Å². The number of aryl methyl sites for hydroxylation is 1. The largest absolute Gasteiger partial charge is 0.324 e. The van der Waals surface area contributed by atoms with Gasteiger partial charge in [-0.2, -0.15) is 0 Å². The van der Waals surface area contributed by atoms with Gasteiger partial charge in [-0.15, -0.1) is 0 Å². The van der Waals surface area contributed by atoms with E-state index in [0.29, 0.717) is 0 Å². The fourth-order valence-electron chi connectivity index (χ4n) is 2.49. The van der Waals surface area contributed by atoms with Crippen LogP contribution >= 0.6 is 0 Å². The molecule has 76 valence electrons. The number of benzene rings is 1. The van der Waals surface area contributed by atoms with E-state index in [2.05, 4.69) is 26.0 Å². The van der Waals surface area contributed by atoms with E-state index in [1.54, 1.807) is 11.1 Å². The maximum absolute atomic E-state index is 6.09. The Morgan fingerprint density at radius 1 is 1.36 bits per heavy atom. The van der Waals surface area contributed by atoms with Crippen molar-refractivity contribution in [3.63, 3.8) is 0 Å². The van der Waals surface area contributed by atoms with E-state index in [-0.39, 0.29) is 6.04 Å². The lowest BCUT2D eigenvalue weighted by atomic mass is 9.94. The summed E-state index contributed by atoms with van der Waals surface area (Å²) >= 11 is 0. The van der Waals surface area contributed by atoms with Gasteiger partial charge in [-0.3, -0.25) is 0 Å². The van der Waals surface area contributed by atoms with Gasteiger partial charge in [0.1, 0.15) is 0 Å². The van der Waals surface area contributed by atoms with Crippen LogP contribution in [0.5, 0.6) is 0 Å². The predicted molar refractivity (Wildman–Crippen MR) is 60.4 cm³/mol. The summed E-state index contributed by atoms with van der Waals surface area (Å²) in [7, 11) is 0. The van der Waals surface area contributed by atoms with E-state index in [0.717, 1.165) is 6.42 Å². The van der Waals surface area contributed by atoms with Crippen LogP contribution in [0.15, 0.2) is 12.1 Å². The summed E-state index contributed by atoms with van der Waals surface area (Å²) in [5.41, 5.74) is 12.0. The van der Waals surface area contributed by atoms with Gasteiger partial charge in [-0.1, -0.05) is 19.1 Å². The Labute approximate surface area is 86.3 Å². The van der Waals surface area contributed by atoms with Gasteiger partial charge in [0.05, 0.1) is 0 Å². The van der Waals surface area contributed by atoms with Crippen LogP contribution in [0.1, 0.15) is 48.1 Å². The quantitative estimate of drug-likeness (QED) is 0.760. The van der Waals surface area contributed by atoms with Crippen molar-refractivity contribution in [1.29, 1.82) is 0 Å². The Morgan fingerprint density at radius 2 is 2.14 bits per heavy atom. The Balaban J connectivity index is 2.44. The number of hydrogen-bond acceptors (Lipinski definition) is 1. The van der Waals surface area contributed by atoms with E-state index in [1.807, 2.05) is 0 Å². The van der Waals surface area contributed by atoms with E-state index < -0.39 is 0 Å². The van der Waals surface area contributed by atoms with E-state index >= 15 is 0 Å². The van der Waals surface area contributed by atoms with Gasteiger partial charge in [0.15, 0.2) is 0 Å². The summed E-state index contributed by atoms with van der Waals surface area (Å²) in [4.78, 5) is 0. The first kappa shape index (κ1) is 9.72. The van der Waals surface area contributed by atoms with Gasteiger partial charge < -0.3 is 5.73 Å². The zero-order valence-electron chi connectivity index (χ0n) is 9.14. The molecular formula is C13H19N. The Morgan fingerprint density at radius 3 is 2.86 bits per heavy atom. The molecule has 0 spiro atoms. The fraction of sp³-hybridized carbons (Fsp3) is 0.538. The van der Waals surface area contributed by atoms with Crippen LogP contribution < -0.4 is 5.73 Å². The molecule has 0 fully saturated rings. The summed E-state index contributed by atoms with van der Waals surface area (Å²) in [5.74, 6) is 0. The first-order chi connectivity index (χ1) is 6.74. The Bertz CT molecular complexity index is 341. The van der Waals surface area contributed by atoms with Crippen LogP contribution in [-0.2, 0) is 12.8 Å². The minimum Gasteiger partial charge on any atom is -0.324 e. The molecule has 1 aliphatic carbocycles. The average molecular weight is 189 g/mol. The number of hydrogen-bond donors (Lipinski definition) is 1. The molecular weight excluding hydrogens is 170 g/mol.